The van der Waals surface area contributed by atoms with Gasteiger partial charge in [0, 0.05) is 24.3 Å². The Morgan fingerprint density at radius 2 is 1.24 bits per heavy atom. The molecule has 0 amide bonds. The monoisotopic (exact) mass is 288 g/mol. The molecule has 108 valence electrons. The van der Waals surface area contributed by atoms with Gasteiger partial charge in [-0.3, -0.25) is 0 Å². The summed E-state index contributed by atoms with van der Waals surface area (Å²) in [5, 5.41) is 0. The second-order valence-corrected chi connectivity index (χ2v) is 3.48. The van der Waals surface area contributed by atoms with Crippen LogP contribution in [0.4, 0.5) is 0 Å². The van der Waals surface area contributed by atoms with E-state index in [1.54, 1.807) is 0 Å². The molecule has 1 aromatic carbocycles. The van der Waals surface area contributed by atoms with Crippen LogP contribution < -0.4 is 14.2 Å². The predicted molar refractivity (Wildman–Crippen MR) is 73.9 cm³/mol. The molecule has 0 saturated heterocycles. The Balaban J connectivity index is 3.11. The minimum atomic E-state index is -0.766. The van der Waals surface area contributed by atoms with Crippen LogP contribution in [0.1, 0.15) is 0 Å². The van der Waals surface area contributed by atoms with Crippen LogP contribution in [0.25, 0.3) is 0 Å². The van der Waals surface area contributed by atoms with E-state index in [-0.39, 0.29) is 17.2 Å². The van der Waals surface area contributed by atoms with E-state index in [1.165, 1.54) is 18.2 Å². The molecule has 0 saturated carbocycles. The highest BCUT2D eigenvalue weighted by Gasteiger charge is 2.13. The lowest BCUT2D eigenvalue weighted by molar-refractivity contribution is -0.131. The van der Waals surface area contributed by atoms with Crippen LogP contribution in [0.5, 0.6) is 17.2 Å². The standard InChI is InChI=1S/C15H12O6/c1-4-13(16)19-10-7-8-11(20-14(17)5-2)12(9-10)21-15(18)6-3/h4-9H,1-3H2. The molecule has 0 aliphatic heterocycles. The Hall–Kier alpha value is -3.15. The normalized spacial score (nSPS) is 9.14. The van der Waals surface area contributed by atoms with Gasteiger partial charge in [-0.2, -0.15) is 0 Å². The van der Waals surface area contributed by atoms with Crippen molar-refractivity contribution >= 4 is 17.9 Å². The van der Waals surface area contributed by atoms with E-state index < -0.39 is 17.9 Å². The Labute approximate surface area is 120 Å². The van der Waals surface area contributed by atoms with Crippen molar-refractivity contribution in [3.05, 3.63) is 56.2 Å². The number of ether oxygens (including phenoxy) is 3. The van der Waals surface area contributed by atoms with Crippen molar-refractivity contribution < 1.29 is 28.6 Å². The van der Waals surface area contributed by atoms with E-state index in [2.05, 4.69) is 19.7 Å². The van der Waals surface area contributed by atoms with Gasteiger partial charge in [0.2, 0.25) is 0 Å². The van der Waals surface area contributed by atoms with E-state index in [1.807, 2.05) is 0 Å². The van der Waals surface area contributed by atoms with Gasteiger partial charge in [0.15, 0.2) is 11.5 Å². The summed E-state index contributed by atoms with van der Waals surface area (Å²) in [7, 11) is 0. The number of hydrogen-bond donors (Lipinski definition) is 0. The predicted octanol–water partition coefficient (Wildman–Crippen LogP) is 1.96. The van der Waals surface area contributed by atoms with Crippen molar-refractivity contribution in [3.63, 3.8) is 0 Å². The molecule has 1 aromatic rings. The van der Waals surface area contributed by atoms with Crippen molar-refractivity contribution in [2.75, 3.05) is 0 Å². The fraction of sp³-hybridized carbons (Fsp3) is 0. The maximum atomic E-state index is 11.3. The number of carbonyl (C=O) groups is 3. The molecule has 0 bridgehead atoms. The molecule has 0 heterocycles. The SMILES string of the molecule is C=CC(=O)Oc1ccc(OC(=O)C=C)c(OC(=O)C=C)c1. The maximum Gasteiger partial charge on any atom is 0.335 e. The molecule has 6 nitrogen and oxygen atoms in total. The van der Waals surface area contributed by atoms with Gasteiger partial charge < -0.3 is 14.2 Å². The topological polar surface area (TPSA) is 78.9 Å². The second-order valence-electron chi connectivity index (χ2n) is 3.48. The third-order valence-corrected chi connectivity index (χ3v) is 2.05. The molecule has 0 spiro atoms. The average Bonchev–Trinajstić information content (AvgIpc) is 2.49. The molecular formula is C15H12O6. The molecule has 0 aliphatic carbocycles. The summed E-state index contributed by atoms with van der Waals surface area (Å²) in [5.41, 5.74) is 0. The van der Waals surface area contributed by atoms with Gasteiger partial charge in [0.1, 0.15) is 5.75 Å². The van der Waals surface area contributed by atoms with Gasteiger partial charge in [-0.1, -0.05) is 19.7 Å². The average molecular weight is 288 g/mol. The van der Waals surface area contributed by atoms with Crippen LogP contribution in [0.3, 0.4) is 0 Å². The van der Waals surface area contributed by atoms with Crippen LogP contribution in [0.2, 0.25) is 0 Å². The zero-order chi connectivity index (χ0) is 15.8. The van der Waals surface area contributed by atoms with E-state index >= 15 is 0 Å². The quantitative estimate of drug-likeness (QED) is 0.452. The summed E-state index contributed by atoms with van der Waals surface area (Å²) in [5.74, 6) is -2.24. The lowest BCUT2D eigenvalue weighted by atomic mass is 10.3. The minimum Gasteiger partial charge on any atom is -0.423 e. The zero-order valence-electron chi connectivity index (χ0n) is 11.0. The number of hydrogen-bond acceptors (Lipinski definition) is 6. The molecule has 0 N–H and O–H groups in total. The molecule has 0 fully saturated rings. The summed E-state index contributed by atoms with van der Waals surface area (Å²) in [6, 6.07) is 3.88. The molecule has 6 heteroatoms. The van der Waals surface area contributed by atoms with Crippen molar-refractivity contribution in [2.45, 2.75) is 0 Å². The molecule has 21 heavy (non-hydrogen) atoms. The second kappa shape index (κ2) is 7.44. The molecule has 0 unspecified atom stereocenters. The largest absolute Gasteiger partial charge is 0.423 e. The van der Waals surface area contributed by atoms with Gasteiger partial charge in [0.25, 0.3) is 0 Å². The smallest absolute Gasteiger partial charge is 0.335 e. The molecule has 0 aromatic heterocycles. The van der Waals surface area contributed by atoms with Gasteiger partial charge in [0.05, 0.1) is 0 Å². The Morgan fingerprint density at radius 3 is 1.76 bits per heavy atom. The molecule has 0 aliphatic rings. The molecular weight excluding hydrogens is 276 g/mol. The summed E-state index contributed by atoms with van der Waals surface area (Å²) in [6.45, 7) is 9.76. The summed E-state index contributed by atoms with van der Waals surface area (Å²) in [4.78, 5) is 33.6. The highest BCUT2D eigenvalue weighted by Crippen LogP contribution is 2.32. The van der Waals surface area contributed by atoms with Crippen LogP contribution in [0.15, 0.2) is 56.2 Å². The number of esters is 3. The third kappa shape index (κ3) is 4.79. The van der Waals surface area contributed by atoms with Crippen LogP contribution in [-0.4, -0.2) is 17.9 Å². The first kappa shape index (κ1) is 15.9. The van der Waals surface area contributed by atoms with Crippen LogP contribution >= 0.6 is 0 Å². The van der Waals surface area contributed by atoms with Crippen molar-refractivity contribution in [1.82, 2.24) is 0 Å². The Kier molecular flexibility index (Phi) is 5.64. The summed E-state index contributed by atoms with van der Waals surface area (Å²) < 4.78 is 14.7. The van der Waals surface area contributed by atoms with Crippen LogP contribution in [-0.2, 0) is 14.4 Å². The molecule has 1 rings (SSSR count). The fourth-order valence-electron chi connectivity index (χ4n) is 1.17. The van der Waals surface area contributed by atoms with Crippen molar-refractivity contribution in [3.8, 4) is 17.2 Å². The van der Waals surface area contributed by atoms with E-state index in [0.717, 1.165) is 18.2 Å². The minimum absolute atomic E-state index is 0.0338. The number of rotatable bonds is 6. The molecule has 0 atom stereocenters. The lowest BCUT2D eigenvalue weighted by Crippen LogP contribution is -2.09. The molecule has 0 radical (unpaired) electrons. The maximum absolute atomic E-state index is 11.3. The zero-order valence-corrected chi connectivity index (χ0v) is 11.0. The Bertz CT molecular complexity index is 615. The van der Waals surface area contributed by atoms with Gasteiger partial charge in [-0.05, 0) is 12.1 Å². The Morgan fingerprint density at radius 1 is 0.762 bits per heavy atom. The summed E-state index contributed by atoms with van der Waals surface area (Å²) in [6.07, 6.45) is 2.85. The van der Waals surface area contributed by atoms with E-state index in [0.29, 0.717) is 0 Å². The first-order chi connectivity index (χ1) is 9.99. The first-order valence-electron chi connectivity index (χ1n) is 5.67. The lowest BCUT2D eigenvalue weighted by Gasteiger charge is -2.10. The van der Waals surface area contributed by atoms with E-state index in [4.69, 9.17) is 14.2 Å². The van der Waals surface area contributed by atoms with Crippen molar-refractivity contribution in [2.24, 2.45) is 0 Å². The van der Waals surface area contributed by atoms with Gasteiger partial charge >= 0.3 is 17.9 Å². The highest BCUT2D eigenvalue weighted by molar-refractivity contribution is 5.86. The first-order valence-corrected chi connectivity index (χ1v) is 5.67. The van der Waals surface area contributed by atoms with Crippen LogP contribution in [0, 0.1) is 0 Å². The summed E-state index contributed by atoms with van der Waals surface area (Å²) >= 11 is 0. The third-order valence-electron chi connectivity index (χ3n) is 2.05. The number of benzene rings is 1. The highest BCUT2D eigenvalue weighted by atomic mass is 16.6. The van der Waals surface area contributed by atoms with Crippen molar-refractivity contribution in [1.29, 1.82) is 0 Å². The number of carbonyl (C=O) groups excluding carboxylic acids is 3. The fourth-order valence-corrected chi connectivity index (χ4v) is 1.17. The van der Waals surface area contributed by atoms with E-state index in [9.17, 15) is 14.4 Å². The van der Waals surface area contributed by atoms with Gasteiger partial charge in [-0.15, -0.1) is 0 Å². The van der Waals surface area contributed by atoms with Gasteiger partial charge in [-0.25, -0.2) is 14.4 Å².